The molecule has 0 bridgehead atoms. The molecule has 1 aromatic carbocycles. The van der Waals surface area contributed by atoms with Crippen molar-refractivity contribution < 1.29 is 4.74 Å². The number of ether oxygens (including phenoxy) is 1. The number of aromatic nitrogens is 2. The molecule has 0 aliphatic carbocycles. The van der Waals surface area contributed by atoms with Crippen LogP contribution in [0.4, 0.5) is 0 Å². The first kappa shape index (κ1) is 14.6. The summed E-state index contributed by atoms with van der Waals surface area (Å²) in [5.74, 6) is 1.11. The lowest BCUT2D eigenvalue weighted by atomic mass is 10.2. The molecule has 100 valence electrons. The summed E-state index contributed by atoms with van der Waals surface area (Å²) in [6.07, 6.45) is 3.09. The zero-order valence-electron chi connectivity index (χ0n) is 10.2. The lowest BCUT2D eigenvalue weighted by molar-refractivity contribution is 0.451. The third-order valence-corrected chi connectivity index (χ3v) is 3.63. The van der Waals surface area contributed by atoms with Crippen LogP contribution in [0.5, 0.6) is 11.6 Å². The molecule has 0 amide bonds. The van der Waals surface area contributed by atoms with Gasteiger partial charge in [0, 0.05) is 5.02 Å². The van der Waals surface area contributed by atoms with Gasteiger partial charge in [-0.2, -0.15) is 0 Å². The van der Waals surface area contributed by atoms with Crippen molar-refractivity contribution in [3.05, 3.63) is 44.7 Å². The lowest BCUT2D eigenvalue weighted by Crippen LogP contribution is -1.98. The number of hydrogen-bond donors (Lipinski definition) is 0. The quantitative estimate of drug-likeness (QED) is 0.694. The van der Waals surface area contributed by atoms with E-state index < -0.39 is 0 Å². The van der Waals surface area contributed by atoms with Crippen LogP contribution in [-0.2, 0) is 6.42 Å². The van der Waals surface area contributed by atoms with E-state index in [9.17, 15) is 0 Å². The fourth-order valence-electron chi connectivity index (χ4n) is 1.59. The number of halogens is 3. The van der Waals surface area contributed by atoms with Crippen LogP contribution >= 0.6 is 39.1 Å². The fourth-order valence-corrected chi connectivity index (χ4v) is 2.57. The molecule has 1 heterocycles. The normalized spacial score (nSPS) is 10.5. The first-order chi connectivity index (χ1) is 9.11. The minimum absolute atomic E-state index is 0.428. The predicted molar refractivity (Wildman–Crippen MR) is 80.3 cm³/mol. The molecule has 3 nitrogen and oxygen atoms in total. The van der Waals surface area contributed by atoms with E-state index in [0.29, 0.717) is 21.8 Å². The van der Waals surface area contributed by atoms with Gasteiger partial charge in [0.25, 0.3) is 0 Å². The Kier molecular flexibility index (Phi) is 5.02. The highest BCUT2D eigenvalue weighted by Crippen LogP contribution is 2.33. The van der Waals surface area contributed by atoms with Gasteiger partial charge in [-0.25, -0.2) is 9.97 Å². The summed E-state index contributed by atoms with van der Waals surface area (Å²) in [6, 6.07) is 5.29. The molecule has 19 heavy (non-hydrogen) atoms. The maximum atomic E-state index is 6.08. The van der Waals surface area contributed by atoms with Gasteiger partial charge in [0.05, 0.1) is 10.0 Å². The zero-order valence-corrected chi connectivity index (χ0v) is 13.3. The van der Waals surface area contributed by atoms with Crippen molar-refractivity contribution in [2.24, 2.45) is 0 Å². The van der Waals surface area contributed by atoms with Crippen LogP contribution in [0.3, 0.4) is 0 Å². The van der Waals surface area contributed by atoms with E-state index in [1.165, 1.54) is 6.33 Å². The first-order valence-corrected chi connectivity index (χ1v) is 7.29. The Hall–Kier alpha value is -0.840. The van der Waals surface area contributed by atoms with Crippen molar-refractivity contribution in [1.82, 2.24) is 9.97 Å². The van der Waals surface area contributed by atoms with E-state index in [0.717, 1.165) is 22.9 Å². The third kappa shape index (κ3) is 3.59. The van der Waals surface area contributed by atoms with E-state index in [1.54, 1.807) is 18.2 Å². The predicted octanol–water partition coefficient (Wildman–Crippen LogP) is 5.29. The Morgan fingerprint density at radius 3 is 2.74 bits per heavy atom. The second kappa shape index (κ2) is 6.55. The SMILES string of the molecule is CCCc1c(Cl)ncnc1Oc1ccc(Cl)cc1Br. The number of benzene rings is 1. The van der Waals surface area contributed by atoms with Crippen LogP contribution in [0, 0.1) is 0 Å². The Morgan fingerprint density at radius 1 is 1.26 bits per heavy atom. The average molecular weight is 362 g/mol. The van der Waals surface area contributed by atoms with Gasteiger partial charge in [-0.05, 0) is 40.5 Å². The first-order valence-electron chi connectivity index (χ1n) is 5.74. The summed E-state index contributed by atoms with van der Waals surface area (Å²) in [6.45, 7) is 2.06. The van der Waals surface area contributed by atoms with E-state index in [2.05, 4.69) is 32.8 Å². The zero-order chi connectivity index (χ0) is 13.8. The van der Waals surface area contributed by atoms with E-state index in [1.807, 2.05) is 0 Å². The molecular formula is C13H11BrCl2N2O. The Labute approximate surface area is 130 Å². The standard InChI is InChI=1S/C13H11BrCl2N2O/c1-2-3-9-12(16)17-7-18-13(9)19-11-5-4-8(15)6-10(11)14/h4-7H,2-3H2,1H3. The van der Waals surface area contributed by atoms with Crippen molar-refractivity contribution in [3.63, 3.8) is 0 Å². The lowest BCUT2D eigenvalue weighted by Gasteiger charge is -2.11. The molecule has 0 saturated heterocycles. The van der Waals surface area contributed by atoms with Crippen LogP contribution in [0.25, 0.3) is 0 Å². The fraction of sp³-hybridized carbons (Fsp3) is 0.231. The molecule has 0 aliphatic rings. The summed E-state index contributed by atoms with van der Waals surface area (Å²) in [4.78, 5) is 8.12. The molecule has 2 rings (SSSR count). The van der Waals surface area contributed by atoms with Crippen molar-refractivity contribution >= 4 is 39.1 Å². The highest BCUT2D eigenvalue weighted by atomic mass is 79.9. The monoisotopic (exact) mass is 360 g/mol. The Morgan fingerprint density at radius 2 is 2.05 bits per heavy atom. The van der Waals surface area contributed by atoms with E-state index in [4.69, 9.17) is 27.9 Å². The van der Waals surface area contributed by atoms with Gasteiger partial charge < -0.3 is 4.74 Å². The minimum atomic E-state index is 0.428. The molecule has 2 aromatic rings. The van der Waals surface area contributed by atoms with Crippen LogP contribution < -0.4 is 4.74 Å². The van der Waals surface area contributed by atoms with Crippen LogP contribution in [0.2, 0.25) is 10.2 Å². The van der Waals surface area contributed by atoms with E-state index >= 15 is 0 Å². The van der Waals surface area contributed by atoms with Gasteiger partial charge >= 0.3 is 0 Å². The smallest absolute Gasteiger partial charge is 0.227 e. The molecule has 0 atom stereocenters. The molecule has 0 aliphatic heterocycles. The van der Waals surface area contributed by atoms with Crippen molar-refractivity contribution in [1.29, 1.82) is 0 Å². The van der Waals surface area contributed by atoms with Gasteiger partial charge in [-0.3, -0.25) is 0 Å². The molecule has 0 saturated carbocycles. The van der Waals surface area contributed by atoms with Crippen molar-refractivity contribution in [3.8, 4) is 11.6 Å². The molecular weight excluding hydrogens is 351 g/mol. The number of rotatable bonds is 4. The highest BCUT2D eigenvalue weighted by molar-refractivity contribution is 9.10. The Bertz CT molecular complexity index is 593. The van der Waals surface area contributed by atoms with Crippen molar-refractivity contribution in [2.45, 2.75) is 19.8 Å². The number of nitrogens with zero attached hydrogens (tertiary/aromatic N) is 2. The molecule has 0 radical (unpaired) electrons. The minimum Gasteiger partial charge on any atom is -0.437 e. The van der Waals surface area contributed by atoms with Gasteiger partial charge in [0.2, 0.25) is 5.88 Å². The summed E-state index contributed by atoms with van der Waals surface area (Å²) >= 11 is 15.4. The largest absolute Gasteiger partial charge is 0.437 e. The van der Waals surface area contributed by atoms with Crippen LogP contribution in [0.1, 0.15) is 18.9 Å². The second-order valence-electron chi connectivity index (χ2n) is 3.87. The van der Waals surface area contributed by atoms with Gasteiger partial charge in [-0.15, -0.1) is 0 Å². The summed E-state index contributed by atoms with van der Waals surface area (Å²) in [7, 11) is 0. The molecule has 0 spiro atoms. The number of hydrogen-bond acceptors (Lipinski definition) is 3. The Balaban J connectivity index is 2.35. The molecule has 6 heteroatoms. The average Bonchev–Trinajstić information content (AvgIpc) is 2.37. The highest BCUT2D eigenvalue weighted by Gasteiger charge is 2.12. The second-order valence-corrected chi connectivity index (χ2v) is 5.52. The summed E-state index contributed by atoms with van der Waals surface area (Å²) in [5.41, 5.74) is 0.813. The van der Waals surface area contributed by atoms with E-state index in [-0.39, 0.29) is 0 Å². The molecule has 1 aromatic heterocycles. The third-order valence-electron chi connectivity index (χ3n) is 2.45. The maximum absolute atomic E-state index is 6.08. The molecule has 0 N–H and O–H groups in total. The van der Waals surface area contributed by atoms with Crippen molar-refractivity contribution in [2.75, 3.05) is 0 Å². The summed E-state index contributed by atoms with van der Waals surface area (Å²) < 4.78 is 6.55. The van der Waals surface area contributed by atoms with Gasteiger partial charge in [-0.1, -0.05) is 36.5 Å². The summed E-state index contributed by atoms with van der Waals surface area (Å²) in [5, 5.41) is 1.06. The van der Waals surface area contributed by atoms with Crippen LogP contribution in [-0.4, -0.2) is 9.97 Å². The molecule has 0 unspecified atom stereocenters. The van der Waals surface area contributed by atoms with Gasteiger partial charge in [0.1, 0.15) is 17.2 Å². The van der Waals surface area contributed by atoms with Crippen LogP contribution in [0.15, 0.2) is 29.0 Å². The topological polar surface area (TPSA) is 35.0 Å². The maximum Gasteiger partial charge on any atom is 0.227 e. The van der Waals surface area contributed by atoms with Gasteiger partial charge in [0.15, 0.2) is 0 Å². The molecule has 0 fully saturated rings.